The van der Waals surface area contributed by atoms with E-state index in [-0.39, 0.29) is 17.2 Å². The Kier molecular flexibility index (Phi) is 3.43. The number of carbonyl (C=O) groups is 2. The Morgan fingerprint density at radius 2 is 1.89 bits per heavy atom. The SMILES string of the molecule is O=C([O-])c1ccc(CNC(=O)c2ccco2)cc1. The maximum atomic E-state index is 11.5. The van der Waals surface area contributed by atoms with Crippen molar-refractivity contribution in [3.8, 4) is 0 Å². The second-order valence-corrected chi connectivity index (χ2v) is 3.64. The second-order valence-electron chi connectivity index (χ2n) is 3.64. The van der Waals surface area contributed by atoms with Crippen LogP contribution in [-0.4, -0.2) is 11.9 Å². The van der Waals surface area contributed by atoms with E-state index in [0.29, 0.717) is 6.54 Å². The van der Waals surface area contributed by atoms with Gasteiger partial charge in [-0.3, -0.25) is 4.79 Å². The monoisotopic (exact) mass is 244 g/mol. The van der Waals surface area contributed by atoms with Crippen LogP contribution in [0.2, 0.25) is 0 Å². The molecule has 18 heavy (non-hydrogen) atoms. The lowest BCUT2D eigenvalue weighted by molar-refractivity contribution is -0.255. The highest BCUT2D eigenvalue weighted by atomic mass is 16.4. The first-order valence-electron chi connectivity index (χ1n) is 5.29. The van der Waals surface area contributed by atoms with Gasteiger partial charge < -0.3 is 19.6 Å². The predicted molar refractivity (Wildman–Crippen MR) is 60.7 cm³/mol. The molecule has 2 rings (SSSR count). The normalized spacial score (nSPS) is 10.0. The van der Waals surface area contributed by atoms with Crippen molar-refractivity contribution >= 4 is 11.9 Å². The Balaban J connectivity index is 1.94. The summed E-state index contributed by atoms with van der Waals surface area (Å²) in [7, 11) is 0. The van der Waals surface area contributed by atoms with Crippen LogP contribution in [0.5, 0.6) is 0 Å². The summed E-state index contributed by atoms with van der Waals surface area (Å²) in [6.07, 6.45) is 1.42. The highest BCUT2D eigenvalue weighted by molar-refractivity contribution is 5.91. The van der Waals surface area contributed by atoms with Gasteiger partial charge in [0, 0.05) is 6.54 Å². The summed E-state index contributed by atoms with van der Waals surface area (Å²) in [5.41, 5.74) is 0.899. The highest BCUT2D eigenvalue weighted by Crippen LogP contribution is 2.04. The van der Waals surface area contributed by atoms with Crippen LogP contribution in [0, 0.1) is 0 Å². The maximum absolute atomic E-state index is 11.5. The van der Waals surface area contributed by atoms with Crippen LogP contribution in [0.25, 0.3) is 0 Å². The fraction of sp³-hybridized carbons (Fsp3) is 0.0769. The van der Waals surface area contributed by atoms with Crippen LogP contribution < -0.4 is 10.4 Å². The van der Waals surface area contributed by atoms with Crippen LogP contribution in [0.1, 0.15) is 26.5 Å². The van der Waals surface area contributed by atoms with Gasteiger partial charge in [-0.2, -0.15) is 0 Å². The molecular weight excluding hydrogens is 234 g/mol. The first-order chi connectivity index (χ1) is 8.66. The van der Waals surface area contributed by atoms with Crippen molar-refractivity contribution in [3.05, 3.63) is 59.5 Å². The zero-order chi connectivity index (χ0) is 13.0. The molecule has 0 unspecified atom stereocenters. The molecule has 0 saturated heterocycles. The summed E-state index contributed by atoms with van der Waals surface area (Å²) in [4.78, 5) is 22.1. The lowest BCUT2D eigenvalue weighted by Gasteiger charge is -2.05. The predicted octanol–water partition coefficient (Wildman–Crippen LogP) is 0.573. The number of hydrogen-bond donors (Lipinski definition) is 1. The van der Waals surface area contributed by atoms with E-state index in [1.54, 1.807) is 24.3 Å². The molecular formula is C13H10NO4-. The molecule has 92 valence electrons. The molecule has 0 aliphatic rings. The van der Waals surface area contributed by atoms with Crippen molar-refractivity contribution in [2.45, 2.75) is 6.54 Å². The first kappa shape index (κ1) is 11.9. The summed E-state index contributed by atoms with van der Waals surface area (Å²) in [6.45, 7) is 0.298. The van der Waals surface area contributed by atoms with E-state index in [0.717, 1.165) is 5.56 Å². The van der Waals surface area contributed by atoms with E-state index in [4.69, 9.17) is 4.42 Å². The van der Waals surface area contributed by atoms with E-state index >= 15 is 0 Å². The van der Waals surface area contributed by atoms with E-state index in [1.807, 2.05) is 0 Å². The first-order valence-corrected chi connectivity index (χ1v) is 5.29. The fourth-order valence-corrected chi connectivity index (χ4v) is 1.44. The third-order valence-electron chi connectivity index (χ3n) is 2.39. The van der Waals surface area contributed by atoms with Gasteiger partial charge in [0.2, 0.25) is 0 Å². The molecule has 1 N–H and O–H groups in total. The van der Waals surface area contributed by atoms with Crippen molar-refractivity contribution < 1.29 is 19.1 Å². The molecule has 0 bridgehead atoms. The molecule has 1 aromatic heterocycles. The maximum Gasteiger partial charge on any atom is 0.287 e. The number of benzene rings is 1. The summed E-state index contributed by atoms with van der Waals surface area (Å²) < 4.78 is 4.94. The number of carbonyl (C=O) groups excluding carboxylic acids is 2. The Bertz CT molecular complexity index is 543. The number of furan rings is 1. The molecule has 1 amide bonds. The largest absolute Gasteiger partial charge is 0.545 e. The number of carboxylic acids is 1. The summed E-state index contributed by atoms with van der Waals surface area (Å²) >= 11 is 0. The van der Waals surface area contributed by atoms with E-state index < -0.39 is 5.97 Å². The van der Waals surface area contributed by atoms with E-state index in [1.165, 1.54) is 18.4 Å². The Hall–Kier alpha value is -2.56. The molecule has 0 atom stereocenters. The third-order valence-corrected chi connectivity index (χ3v) is 2.39. The van der Waals surface area contributed by atoms with Crippen LogP contribution in [0.15, 0.2) is 47.1 Å². The minimum atomic E-state index is -1.22. The van der Waals surface area contributed by atoms with Crippen LogP contribution in [0.3, 0.4) is 0 Å². The van der Waals surface area contributed by atoms with Crippen molar-refractivity contribution in [2.24, 2.45) is 0 Å². The van der Waals surface area contributed by atoms with Gasteiger partial charge in [-0.1, -0.05) is 24.3 Å². The molecule has 2 aromatic rings. The Morgan fingerprint density at radius 3 is 2.44 bits per heavy atom. The number of nitrogens with one attached hydrogen (secondary N) is 1. The topological polar surface area (TPSA) is 82.4 Å². The number of hydrogen-bond acceptors (Lipinski definition) is 4. The second kappa shape index (κ2) is 5.18. The van der Waals surface area contributed by atoms with Crippen LogP contribution in [-0.2, 0) is 6.54 Å². The van der Waals surface area contributed by atoms with Gasteiger partial charge in [-0.25, -0.2) is 0 Å². The molecule has 1 aromatic carbocycles. The number of carboxylic acid groups (broad SMARTS) is 1. The van der Waals surface area contributed by atoms with E-state index in [9.17, 15) is 14.7 Å². The smallest absolute Gasteiger partial charge is 0.287 e. The van der Waals surface area contributed by atoms with Crippen LogP contribution in [0.4, 0.5) is 0 Å². The van der Waals surface area contributed by atoms with Crippen molar-refractivity contribution in [1.29, 1.82) is 0 Å². The molecule has 0 spiro atoms. The third kappa shape index (κ3) is 2.76. The van der Waals surface area contributed by atoms with Gasteiger partial charge in [0.05, 0.1) is 12.2 Å². The van der Waals surface area contributed by atoms with Crippen molar-refractivity contribution in [1.82, 2.24) is 5.32 Å². The zero-order valence-corrected chi connectivity index (χ0v) is 9.38. The van der Waals surface area contributed by atoms with Gasteiger partial charge in [0.25, 0.3) is 5.91 Å². The quantitative estimate of drug-likeness (QED) is 0.852. The molecule has 0 saturated carbocycles. The molecule has 0 fully saturated rings. The Labute approximate surface area is 103 Å². The highest BCUT2D eigenvalue weighted by Gasteiger charge is 2.07. The molecule has 5 heteroatoms. The average molecular weight is 244 g/mol. The zero-order valence-electron chi connectivity index (χ0n) is 9.38. The van der Waals surface area contributed by atoms with Gasteiger partial charge in [0.1, 0.15) is 0 Å². The van der Waals surface area contributed by atoms with Crippen molar-refractivity contribution in [2.75, 3.05) is 0 Å². The molecule has 5 nitrogen and oxygen atoms in total. The summed E-state index contributed by atoms with van der Waals surface area (Å²) in [6, 6.07) is 9.30. The summed E-state index contributed by atoms with van der Waals surface area (Å²) in [5.74, 6) is -1.30. The Morgan fingerprint density at radius 1 is 1.17 bits per heavy atom. The molecule has 0 radical (unpaired) electrons. The lowest BCUT2D eigenvalue weighted by Crippen LogP contribution is -2.23. The minimum absolute atomic E-state index is 0.108. The molecule has 0 aliphatic carbocycles. The van der Waals surface area contributed by atoms with Crippen molar-refractivity contribution in [3.63, 3.8) is 0 Å². The van der Waals surface area contributed by atoms with Gasteiger partial charge in [-0.05, 0) is 23.3 Å². The standard InChI is InChI=1S/C13H11NO4/c15-12(11-2-1-7-18-11)14-8-9-3-5-10(6-4-9)13(16)17/h1-7H,8H2,(H,14,15)(H,16,17)/p-1. The lowest BCUT2D eigenvalue weighted by atomic mass is 10.1. The minimum Gasteiger partial charge on any atom is -0.545 e. The number of rotatable bonds is 4. The van der Waals surface area contributed by atoms with E-state index in [2.05, 4.69) is 5.32 Å². The number of amides is 1. The summed E-state index contributed by atoms with van der Waals surface area (Å²) in [5, 5.41) is 13.2. The molecule has 1 heterocycles. The van der Waals surface area contributed by atoms with Crippen LogP contribution >= 0.6 is 0 Å². The molecule has 0 aliphatic heterocycles. The van der Waals surface area contributed by atoms with Gasteiger partial charge in [0.15, 0.2) is 5.76 Å². The fourth-order valence-electron chi connectivity index (χ4n) is 1.44. The number of aromatic carboxylic acids is 1. The van der Waals surface area contributed by atoms with Gasteiger partial charge >= 0.3 is 0 Å². The van der Waals surface area contributed by atoms with Gasteiger partial charge in [-0.15, -0.1) is 0 Å². The average Bonchev–Trinajstić information content (AvgIpc) is 2.90.